The molecule has 1 heterocycles. The lowest BCUT2D eigenvalue weighted by Gasteiger charge is -2.17. The molecule has 0 bridgehead atoms. The third-order valence-electron chi connectivity index (χ3n) is 3.20. The van der Waals surface area contributed by atoms with E-state index >= 15 is 0 Å². The van der Waals surface area contributed by atoms with E-state index < -0.39 is 0 Å². The normalized spacial score (nSPS) is 12.6. The zero-order valence-electron chi connectivity index (χ0n) is 11.4. The van der Waals surface area contributed by atoms with E-state index in [1.807, 2.05) is 38.2 Å². The summed E-state index contributed by atoms with van der Waals surface area (Å²) in [7, 11) is 1.81. The molecule has 0 spiro atoms. The van der Waals surface area contributed by atoms with Gasteiger partial charge in [0.15, 0.2) is 0 Å². The standard InChI is InChI=1S/C15H20N2O2/c1-11(16)9-15(18)17(2)8-7-12-10-19-14-6-4-3-5-13(12)14/h3-6,10-11H,7-9,16H2,1-2H3. The number of hydrogen-bond acceptors (Lipinski definition) is 3. The molecular formula is C15H20N2O2. The Morgan fingerprint density at radius 1 is 1.42 bits per heavy atom. The molecule has 0 fully saturated rings. The van der Waals surface area contributed by atoms with Crippen LogP contribution >= 0.6 is 0 Å². The fourth-order valence-electron chi connectivity index (χ4n) is 2.07. The van der Waals surface area contributed by atoms with Crippen LogP contribution in [0.3, 0.4) is 0 Å². The molecule has 2 rings (SSSR count). The van der Waals surface area contributed by atoms with E-state index in [-0.39, 0.29) is 11.9 Å². The van der Waals surface area contributed by atoms with E-state index in [4.69, 9.17) is 10.2 Å². The van der Waals surface area contributed by atoms with Crippen molar-refractivity contribution in [1.82, 2.24) is 4.90 Å². The summed E-state index contributed by atoms with van der Waals surface area (Å²) in [5.74, 6) is 0.0859. The monoisotopic (exact) mass is 260 g/mol. The number of amides is 1. The van der Waals surface area contributed by atoms with Crippen molar-refractivity contribution in [3.63, 3.8) is 0 Å². The van der Waals surface area contributed by atoms with Gasteiger partial charge in [-0.1, -0.05) is 18.2 Å². The average Bonchev–Trinajstić information content (AvgIpc) is 2.78. The number of carbonyl (C=O) groups is 1. The molecule has 0 aliphatic heterocycles. The van der Waals surface area contributed by atoms with Crippen LogP contribution in [0.25, 0.3) is 11.0 Å². The highest BCUT2D eigenvalue weighted by atomic mass is 16.3. The minimum atomic E-state index is -0.0929. The maximum atomic E-state index is 11.8. The Labute approximate surface area is 113 Å². The highest BCUT2D eigenvalue weighted by molar-refractivity contribution is 5.81. The van der Waals surface area contributed by atoms with Gasteiger partial charge in [0.1, 0.15) is 5.58 Å². The number of likely N-dealkylation sites (N-methyl/N-ethyl adjacent to an activating group) is 1. The number of nitrogens with two attached hydrogens (primary N) is 1. The lowest BCUT2D eigenvalue weighted by atomic mass is 10.1. The second kappa shape index (κ2) is 5.89. The summed E-state index contributed by atoms with van der Waals surface area (Å²) in [6.07, 6.45) is 2.95. The van der Waals surface area contributed by atoms with Crippen LogP contribution in [-0.4, -0.2) is 30.4 Å². The first-order valence-corrected chi connectivity index (χ1v) is 6.52. The van der Waals surface area contributed by atoms with Crippen molar-refractivity contribution in [2.75, 3.05) is 13.6 Å². The maximum Gasteiger partial charge on any atom is 0.223 e. The molecular weight excluding hydrogens is 240 g/mol. The van der Waals surface area contributed by atoms with Gasteiger partial charge in [-0.05, 0) is 25.0 Å². The highest BCUT2D eigenvalue weighted by Crippen LogP contribution is 2.21. The maximum absolute atomic E-state index is 11.8. The van der Waals surface area contributed by atoms with E-state index in [2.05, 4.69) is 0 Å². The van der Waals surface area contributed by atoms with Crippen LogP contribution in [0.15, 0.2) is 34.9 Å². The summed E-state index contributed by atoms with van der Waals surface area (Å²) in [5.41, 5.74) is 7.66. The molecule has 0 aliphatic carbocycles. The minimum Gasteiger partial charge on any atom is -0.464 e. The molecule has 1 aromatic heterocycles. The predicted molar refractivity (Wildman–Crippen MR) is 75.8 cm³/mol. The van der Waals surface area contributed by atoms with Gasteiger partial charge in [-0.15, -0.1) is 0 Å². The van der Waals surface area contributed by atoms with Gasteiger partial charge in [-0.2, -0.15) is 0 Å². The van der Waals surface area contributed by atoms with Crippen LogP contribution in [-0.2, 0) is 11.2 Å². The predicted octanol–water partition coefficient (Wildman–Crippen LogP) is 2.17. The van der Waals surface area contributed by atoms with Crippen molar-refractivity contribution in [2.24, 2.45) is 5.73 Å². The Balaban J connectivity index is 1.97. The van der Waals surface area contributed by atoms with Crippen LogP contribution in [0.1, 0.15) is 18.9 Å². The van der Waals surface area contributed by atoms with Crippen LogP contribution in [0.2, 0.25) is 0 Å². The van der Waals surface area contributed by atoms with Gasteiger partial charge in [0.05, 0.1) is 6.26 Å². The Kier molecular flexibility index (Phi) is 4.22. The number of benzene rings is 1. The summed E-state index contributed by atoms with van der Waals surface area (Å²) in [6, 6.07) is 7.84. The number of nitrogens with zero attached hydrogens (tertiary/aromatic N) is 1. The Morgan fingerprint density at radius 2 is 2.16 bits per heavy atom. The SMILES string of the molecule is CC(N)CC(=O)N(C)CCc1coc2ccccc12. The zero-order valence-corrected chi connectivity index (χ0v) is 11.4. The fraction of sp³-hybridized carbons (Fsp3) is 0.400. The minimum absolute atomic E-state index is 0.0859. The van der Waals surface area contributed by atoms with Crippen molar-refractivity contribution in [1.29, 1.82) is 0 Å². The quantitative estimate of drug-likeness (QED) is 0.896. The molecule has 19 heavy (non-hydrogen) atoms. The molecule has 4 nitrogen and oxygen atoms in total. The van der Waals surface area contributed by atoms with E-state index in [1.165, 1.54) is 0 Å². The summed E-state index contributed by atoms with van der Waals surface area (Å²) in [5, 5.41) is 1.12. The van der Waals surface area contributed by atoms with Crippen molar-refractivity contribution < 1.29 is 9.21 Å². The number of fused-ring (bicyclic) bond motifs is 1. The van der Waals surface area contributed by atoms with Crippen LogP contribution in [0.4, 0.5) is 0 Å². The first kappa shape index (κ1) is 13.6. The van der Waals surface area contributed by atoms with Gasteiger partial charge in [-0.25, -0.2) is 0 Å². The molecule has 1 atom stereocenters. The lowest BCUT2D eigenvalue weighted by Crippen LogP contribution is -2.33. The Hall–Kier alpha value is -1.81. The smallest absolute Gasteiger partial charge is 0.223 e. The fourth-order valence-corrected chi connectivity index (χ4v) is 2.07. The number of furan rings is 1. The molecule has 1 unspecified atom stereocenters. The van der Waals surface area contributed by atoms with Crippen LogP contribution in [0.5, 0.6) is 0 Å². The largest absolute Gasteiger partial charge is 0.464 e. The molecule has 1 aromatic carbocycles. The molecule has 0 aliphatic rings. The van der Waals surface area contributed by atoms with Crippen molar-refractivity contribution in [3.8, 4) is 0 Å². The van der Waals surface area contributed by atoms with Crippen LogP contribution in [0, 0.1) is 0 Å². The number of hydrogen-bond donors (Lipinski definition) is 1. The molecule has 2 aromatic rings. The molecule has 0 saturated carbocycles. The summed E-state index contributed by atoms with van der Waals surface area (Å²) >= 11 is 0. The number of para-hydroxylation sites is 1. The average molecular weight is 260 g/mol. The zero-order chi connectivity index (χ0) is 13.8. The topological polar surface area (TPSA) is 59.5 Å². The van der Waals surface area contributed by atoms with Gasteiger partial charge in [0.25, 0.3) is 0 Å². The molecule has 4 heteroatoms. The second-order valence-corrected chi connectivity index (χ2v) is 5.00. The molecule has 1 amide bonds. The van der Waals surface area contributed by atoms with E-state index in [1.54, 1.807) is 11.2 Å². The van der Waals surface area contributed by atoms with Crippen molar-refractivity contribution in [3.05, 3.63) is 36.1 Å². The number of rotatable bonds is 5. The highest BCUT2D eigenvalue weighted by Gasteiger charge is 2.12. The van der Waals surface area contributed by atoms with E-state index in [9.17, 15) is 4.79 Å². The number of carbonyl (C=O) groups excluding carboxylic acids is 1. The lowest BCUT2D eigenvalue weighted by molar-refractivity contribution is -0.130. The summed E-state index contributed by atoms with van der Waals surface area (Å²) in [4.78, 5) is 13.5. The molecule has 2 N–H and O–H groups in total. The van der Waals surface area contributed by atoms with Gasteiger partial charge in [-0.3, -0.25) is 4.79 Å². The molecule has 0 saturated heterocycles. The van der Waals surface area contributed by atoms with Gasteiger partial charge < -0.3 is 15.1 Å². The van der Waals surface area contributed by atoms with Gasteiger partial charge in [0, 0.05) is 31.4 Å². The first-order chi connectivity index (χ1) is 9.08. The third kappa shape index (κ3) is 3.35. The van der Waals surface area contributed by atoms with Gasteiger partial charge >= 0.3 is 0 Å². The summed E-state index contributed by atoms with van der Waals surface area (Å²) in [6.45, 7) is 2.52. The van der Waals surface area contributed by atoms with E-state index in [0.717, 1.165) is 23.0 Å². The molecule has 0 radical (unpaired) electrons. The molecule has 102 valence electrons. The third-order valence-corrected chi connectivity index (χ3v) is 3.20. The van der Waals surface area contributed by atoms with Gasteiger partial charge in [0.2, 0.25) is 5.91 Å². The second-order valence-electron chi connectivity index (χ2n) is 5.00. The van der Waals surface area contributed by atoms with Crippen LogP contribution < -0.4 is 5.73 Å². The summed E-state index contributed by atoms with van der Waals surface area (Å²) < 4.78 is 5.48. The van der Waals surface area contributed by atoms with Crippen molar-refractivity contribution in [2.45, 2.75) is 25.8 Å². The Bertz CT molecular complexity index is 560. The first-order valence-electron chi connectivity index (χ1n) is 6.52. The van der Waals surface area contributed by atoms with E-state index in [0.29, 0.717) is 13.0 Å². The Morgan fingerprint density at radius 3 is 2.89 bits per heavy atom. The van der Waals surface area contributed by atoms with Crippen molar-refractivity contribution >= 4 is 16.9 Å².